The molecule has 0 aromatic carbocycles. The fraction of sp³-hybridized carbons (Fsp3) is 0.375. The van der Waals surface area contributed by atoms with Gasteiger partial charge in [-0.2, -0.15) is 0 Å². The first-order valence-electron chi connectivity index (χ1n) is 3.64. The Morgan fingerprint density at radius 2 is 2.31 bits per heavy atom. The molecule has 0 fully saturated rings. The second-order valence-electron chi connectivity index (χ2n) is 2.43. The first-order valence-corrected chi connectivity index (χ1v) is 4.52. The topological polar surface area (TPSA) is 66.8 Å². The Balaban J connectivity index is 2.68. The zero-order valence-corrected chi connectivity index (χ0v) is 7.82. The minimum Gasteiger partial charge on any atom is -0.467 e. The van der Waals surface area contributed by atoms with Crippen LogP contribution in [0.3, 0.4) is 0 Å². The van der Waals surface area contributed by atoms with Crippen molar-refractivity contribution in [3.05, 3.63) is 22.4 Å². The Hall–Kier alpha value is -0.910. The zero-order valence-electron chi connectivity index (χ0n) is 7.01. The number of carbonyl (C=O) groups is 1. The number of ether oxygens (including phenoxy) is 1. The summed E-state index contributed by atoms with van der Waals surface area (Å²) in [5, 5.41) is 20.4. The number of esters is 1. The normalized spacial score (nSPS) is 15.0. The summed E-state index contributed by atoms with van der Waals surface area (Å²) in [6.45, 7) is 0. The van der Waals surface area contributed by atoms with Gasteiger partial charge >= 0.3 is 5.97 Å². The van der Waals surface area contributed by atoms with Crippen LogP contribution in [0.5, 0.6) is 0 Å². The molecule has 0 aliphatic rings. The van der Waals surface area contributed by atoms with Crippen LogP contribution < -0.4 is 0 Å². The average molecular weight is 202 g/mol. The minimum atomic E-state index is -1.51. The molecule has 1 heterocycles. The van der Waals surface area contributed by atoms with E-state index in [0.717, 1.165) is 7.11 Å². The summed E-state index contributed by atoms with van der Waals surface area (Å²) < 4.78 is 4.29. The highest BCUT2D eigenvalue weighted by atomic mass is 32.1. The predicted octanol–water partition coefficient (Wildman–Crippen LogP) is 0.315. The molecule has 0 unspecified atom stereocenters. The van der Waals surface area contributed by atoms with Crippen molar-refractivity contribution < 1.29 is 19.7 Å². The third-order valence-corrected chi connectivity index (χ3v) is 2.52. The van der Waals surface area contributed by atoms with Crippen molar-refractivity contribution in [2.24, 2.45) is 0 Å². The standard InChI is InChI=1S/C8H10O4S/c1-12-8(11)7(10)6(9)5-3-2-4-13-5/h2-4,6-7,9-10H,1H3/t6-,7-/m1/s1. The maximum absolute atomic E-state index is 10.8. The van der Waals surface area contributed by atoms with E-state index < -0.39 is 18.2 Å². The van der Waals surface area contributed by atoms with Gasteiger partial charge in [-0.25, -0.2) is 4.79 Å². The molecule has 0 radical (unpaired) electrons. The third-order valence-electron chi connectivity index (χ3n) is 1.58. The molecule has 1 aromatic heterocycles. The van der Waals surface area contributed by atoms with Crippen molar-refractivity contribution in [1.29, 1.82) is 0 Å². The molecule has 5 heteroatoms. The smallest absolute Gasteiger partial charge is 0.337 e. The Bertz CT molecular complexity index is 270. The molecule has 0 saturated carbocycles. The fourth-order valence-corrected chi connectivity index (χ4v) is 1.60. The van der Waals surface area contributed by atoms with E-state index in [2.05, 4.69) is 4.74 Å². The van der Waals surface area contributed by atoms with Crippen molar-refractivity contribution in [3.8, 4) is 0 Å². The fourth-order valence-electron chi connectivity index (χ4n) is 0.865. The van der Waals surface area contributed by atoms with E-state index >= 15 is 0 Å². The third kappa shape index (κ3) is 2.27. The molecule has 0 amide bonds. The van der Waals surface area contributed by atoms with Crippen LogP contribution in [0.4, 0.5) is 0 Å². The molecule has 2 atom stereocenters. The largest absolute Gasteiger partial charge is 0.467 e. The molecule has 0 saturated heterocycles. The monoisotopic (exact) mass is 202 g/mol. The lowest BCUT2D eigenvalue weighted by Gasteiger charge is -2.13. The van der Waals surface area contributed by atoms with Crippen LogP contribution >= 0.6 is 11.3 Å². The number of hydrogen-bond acceptors (Lipinski definition) is 5. The molecular weight excluding hydrogens is 192 g/mol. The van der Waals surface area contributed by atoms with Gasteiger partial charge in [0.15, 0.2) is 6.10 Å². The van der Waals surface area contributed by atoms with Crippen LogP contribution in [0, 0.1) is 0 Å². The van der Waals surface area contributed by atoms with Crippen molar-refractivity contribution in [2.45, 2.75) is 12.2 Å². The van der Waals surface area contributed by atoms with Gasteiger partial charge in [0.25, 0.3) is 0 Å². The van der Waals surface area contributed by atoms with Crippen LogP contribution in [0.15, 0.2) is 17.5 Å². The number of aliphatic hydroxyl groups is 2. The van der Waals surface area contributed by atoms with E-state index in [4.69, 9.17) is 0 Å². The second kappa shape index (κ2) is 4.36. The van der Waals surface area contributed by atoms with Gasteiger partial charge in [-0.15, -0.1) is 11.3 Å². The average Bonchev–Trinajstić information content (AvgIpc) is 2.67. The number of thiophene rings is 1. The molecule has 1 rings (SSSR count). The highest BCUT2D eigenvalue weighted by Crippen LogP contribution is 2.22. The first-order chi connectivity index (χ1) is 6.16. The van der Waals surface area contributed by atoms with Gasteiger partial charge in [0.05, 0.1) is 7.11 Å². The lowest BCUT2D eigenvalue weighted by molar-refractivity contribution is -0.156. The Labute approximate surface area is 79.4 Å². The summed E-state index contributed by atoms with van der Waals surface area (Å²) in [5.74, 6) is -0.832. The van der Waals surface area contributed by atoms with E-state index in [1.807, 2.05) is 0 Å². The van der Waals surface area contributed by atoms with E-state index in [-0.39, 0.29) is 0 Å². The highest BCUT2D eigenvalue weighted by molar-refractivity contribution is 7.10. The van der Waals surface area contributed by atoms with E-state index in [9.17, 15) is 15.0 Å². The summed E-state index contributed by atoms with van der Waals surface area (Å²) in [4.78, 5) is 11.4. The van der Waals surface area contributed by atoms with Gasteiger partial charge in [-0.3, -0.25) is 0 Å². The molecule has 1 aromatic rings. The summed E-state index contributed by atoms with van der Waals surface area (Å²) in [5.41, 5.74) is 0. The number of carbonyl (C=O) groups excluding carboxylic acids is 1. The van der Waals surface area contributed by atoms with Crippen LogP contribution in [0.1, 0.15) is 11.0 Å². The SMILES string of the molecule is COC(=O)[C@H](O)[C@H](O)c1cccs1. The van der Waals surface area contributed by atoms with Gasteiger partial charge in [0.1, 0.15) is 6.10 Å². The van der Waals surface area contributed by atoms with Gasteiger partial charge in [0, 0.05) is 4.88 Å². The van der Waals surface area contributed by atoms with E-state index in [1.54, 1.807) is 17.5 Å². The molecule has 0 spiro atoms. The lowest BCUT2D eigenvalue weighted by atomic mass is 10.2. The number of rotatable bonds is 3. The number of aliphatic hydroxyl groups excluding tert-OH is 2. The van der Waals surface area contributed by atoms with Crippen LogP contribution in [0.2, 0.25) is 0 Å². The van der Waals surface area contributed by atoms with E-state index in [1.165, 1.54) is 11.3 Å². The Kier molecular flexibility index (Phi) is 3.41. The van der Waals surface area contributed by atoms with Gasteiger partial charge < -0.3 is 14.9 Å². The van der Waals surface area contributed by atoms with Gasteiger partial charge in [-0.1, -0.05) is 6.07 Å². The molecule has 2 N–H and O–H groups in total. The maximum atomic E-state index is 10.8. The van der Waals surface area contributed by atoms with Crippen molar-refractivity contribution >= 4 is 17.3 Å². The highest BCUT2D eigenvalue weighted by Gasteiger charge is 2.26. The molecule has 0 aliphatic carbocycles. The van der Waals surface area contributed by atoms with E-state index in [0.29, 0.717) is 4.88 Å². The van der Waals surface area contributed by atoms with Gasteiger partial charge in [-0.05, 0) is 11.4 Å². The van der Waals surface area contributed by atoms with Crippen molar-refractivity contribution in [3.63, 3.8) is 0 Å². The quantitative estimate of drug-likeness (QED) is 0.692. The summed E-state index contributed by atoms with van der Waals surface area (Å²) in [6.07, 6.45) is -2.71. The number of hydrogen-bond donors (Lipinski definition) is 2. The van der Waals surface area contributed by atoms with Crippen LogP contribution in [-0.2, 0) is 9.53 Å². The van der Waals surface area contributed by atoms with Crippen LogP contribution in [0.25, 0.3) is 0 Å². The van der Waals surface area contributed by atoms with Crippen LogP contribution in [-0.4, -0.2) is 29.4 Å². The summed E-state index contributed by atoms with van der Waals surface area (Å²) in [6, 6.07) is 3.37. The summed E-state index contributed by atoms with van der Waals surface area (Å²) in [7, 11) is 1.16. The second-order valence-corrected chi connectivity index (χ2v) is 3.41. The minimum absolute atomic E-state index is 0.540. The first kappa shape index (κ1) is 10.2. The molecule has 13 heavy (non-hydrogen) atoms. The van der Waals surface area contributed by atoms with Crippen molar-refractivity contribution in [1.82, 2.24) is 0 Å². The molecule has 0 bridgehead atoms. The predicted molar refractivity (Wildman–Crippen MR) is 47.3 cm³/mol. The summed E-state index contributed by atoms with van der Waals surface area (Å²) >= 11 is 1.27. The molecule has 72 valence electrons. The van der Waals surface area contributed by atoms with Gasteiger partial charge in [0.2, 0.25) is 0 Å². The molecular formula is C8H10O4S. The lowest BCUT2D eigenvalue weighted by Crippen LogP contribution is -2.28. The number of methoxy groups -OCH3 is 1. The Morgan fingerprint density at radius 1 is 1.62 bits per heavy atom. The zero-order chi connectivity index (χ0) is 9.84. The Morgan fingerprint density at radius 3 is 2.77 bits per heavy atom. The molecule has 4 nitrogen and oxygen atoms in total. The maximum Gasteiger partial charge on any atom is 0.337 e. The molecule has 0 aliphatic heterocycles. The van der Waals surface area contributed by atoms with Crippen molar-refractivity contribution in [2.75, 3.05) is 7.11 Å².